The van der Waals surface area contributed by atoms with E-state index in [4.69, 9.17) is 28.9 Å². The van der Waals surface area contributed by atoms with Crippen LogP contribution in [-0.4, -0.2) is 10.9 Å². The summed E-state index contributed by atoms with van der Waals surface area (Å²) in [5, 5.41) is 0. The zero-order valence-corrected chi connectivity index (χ0v) is 12.3. The zero-order chi connectivity index (χ0) is 13.3. The SMILES string of the molecule is CC(C)(c1ccc2c(c1)CC=C2)C(N)CC(Cl)Cl. The van der Waals surface area contributed by atoms with Crippen molar-refractivity contribution < 1.29 is 0 Å². The van der Waals surface area contributed by atoms with Crippen LogP contribution in [0.25, 0.3) is 6.08 Å². The molecular weight excluding hydrogens is 265 g/mol. The van der Waals surface area contributed by atoms with Gasteiger partial charge in [0.1, 0.15) is 4.84 Å². The summed E-state index contributed by atoms with van der Waals surface area (Å²) in [5.41, 5.74) is 10.1. The highest BCUT2D eigenvalue weighted by Gasteiger charge is 2.30. The molecule has 0 aromatic heterocycles. The number of halogens is 2. The quantitative estimate of drug-likeness (QED) is 0.829. The molecule has 0 saturated heterocycles. The van der Waals surface area contributed by atoms with Gasteiger partial charge in [0.15, 0.2) is 0 Å². The Hall–Kier alpha value is -0.500. The predicted octanol–water partition coefficient (Wildman–Crippen LogP) is 4.05. The summed E-state index contributed by atoms with van der Waals surface area (Å²) in [6, 6.07) is 6.53. The second-order valence-electron chi connectivity index (χ2n) is 5.48. The van der Waals surface area contributed by atoms with Crippen LogP contribution in [-0.2, 0) is 11.8 Å². The van der Waals surface area contributed by atoms with Gasteiger partial charge in [0, 0.05) is 11.5 Å². The summed E-state index contributed by atoms with van der Waals surface area (Å²) in [7, 11) is 0. The number of hydrogen-bond acceptors (Lipinski definition) is 1. The summed E-state index contributed by atoms with van der Waals surface area (Å²) in [5.74, 6) is 0. The summed E-state index contributed by atoms with van der Waals surface area (Å²) < 4.78 is 0. The second kappa shape index (κ2) is 5.24. The van der Waals surface area contributed by atoms with Crippen LogP contribution >= 0.6 is 23.2 Å². The number of alkyl halides is 2. The maximum absolute atomic E-state index is 6.25. The van der Waals surface area contributed by atoms with Crippen molar-refractivity contribution in [2.45, 2.75) is 43.0 Å². The molecule has 1 atom stereocenters. The lowest BCUT2D eigenvalue weighted by Crippen LogP contribution is -2.42. The molecule has 0 radical (unpaired) electrons. The van der Waals surface area contributed by atoms with Crippen molar-refractivity contribution in [2.75, 3.05) is 0 Å². The monoisotopic (exact) mass is 283 g/mol. The maximum atomic E-state index is 6.25. The molecule has 0 spiro atoms. The van der Waals surface area contributed by atoms with Gasteiger partial charge in [0.2, 0.25) is 0 Å². The molecule has 1 unspecified atom stereocenters. The van der Waals surface area contributed by atoms with E-state index in [0.717, 1.165) is 6.42 Å². The molecule has 1 aromatic carbocycles. The lowest BCUT2D eigenvalue weighted by Gasteiger charge is -2.33. The molecule has 1 aliphatic rings. The molecular formula is C15H19Cl2N. The number of benzene rings is 1. The Morgan fingerprint density at radius 1 is 1.33 bits per heavy atom. The lowest BCUT2D eigenvalue weighted by atomic mass is 9.76. The summed E-state index contributed by atoms with van der Waals surface area (Å²) in [6.45, 7) is 4.30. The minimum absolute atomic E-state index is 0.0510. The first-order valence-electron chi connectivity index (χ1n) is 6.25. The summed E-state index contributed by atoms with van der Waals surface area (Å²) in [4.78, 5) is -0.407. The van der Waals surface area contributed by atoms with Gasteiger partial charge < -0.3 is 5.73 Å². The molecule has 0 amide bonds. The minimum atomic E-state index is -0.407. The van der Waals surface area contributed by atoms with Crippen LogP contribution in [0.2, 0.25) is 0 Å². The van der Waals surface area contributed by atoms with E-state index in [9.17, 15) is 0 Å². The molecule has 0 aliphatic heterocycles. The lowest BCUT2D eigenvalue weighted by molar-refractivity contribution is 0.396. The van der Waals surface area contributed by atoms with Crippen LogP contribution in [0.5, 0.6) is 0 Å². The van der Waals surface area contributed by atoms with Crippen LogP contribution in [0.4, 0.5) is 0 Å². The van der Waals surface area contributed by atoms with Crippen LogP contribution in [0.15, 0.2) is 24.3 Å². The highest BCUT2D eigenvalue weighted by atomic mass is 35.5. The van der Waals surface area contributed by atoms with E-state index in [-0.39, 0.29) is 11.5 Å². The van der Waals surface area contributed by atoms with E-state index in [2.05, 4.69) is 44.2 Å². The van der Waals surface area contributed by atoms with Crippen molar-refractivity contribution in [1.29, 1.82) is 0 Å². The number of rotatable bonds is 4. The minimum Gasteiger partial charge on any atom is -0.327 e. The smallest absolute Gasteiger partial charge is 0.109 e. The molecule has 0 saturated carbocycles. The molecule has 2 rings (SSSR count). The molecule has 98 valence electrons. The first kappa shape index (κ1) is 13.9. The van der Waals surface area contributed by atoms with E-state index in [1.165, 1.54) is 16.7 Å². The first-order valence-corrected chi connectivity index (χ1v) is 7.12. The summed E-state index contributed by atoms with van der Waals surface area (Å²) >= 11 is 11.7. The molecule has 0 fully saturated rings. The number of nitrogens with two attached hydrogens (primary N) is 1. The molecule has 3 heteroatoms. The second-order valence-corrected chi connectivity index (χ2v) is 6.75. The summed E-state index contributed by atoms with van der Waals surface area (Å²) in [6.07, 6.45) is 5.97. The topological polar surface area (TPSA) is 26.0 Å². The van der Waals surface area contributed by atoms with E-state index < -0.39 is 4.84 Å². The van der Waals surface area contributed by atoms with Crippen molar-refractivity contribution in [3.05, 3.63) is 41.0 Å². The Morgan fingerprint density at radius 2 is 2.06 bits per heavy atom. The van der Waals surface area contributed by atoms with E-state index in [1.54, 1.807) is 0 Å². The van der Waals surface area contributed by atoms with Crippen molar-refractivity contribution in [3.8, 4) is 0 Å². The largest absolute Gasteiger partial charge is 0.327 e. The van der Waals surface area contributed by atoms with E-state index in [0.29, 0.717) is 6.42 Å². The highest BCUT2D eigenvalue weighted by Crippen LogP contribution is 2.32. The van der Waals surface area contributed by atoms with Crippen molar-refractivity contribution in [3.63, 3.8) is 0 Å². The van der Waals surface area contributed by atoms with Gasteiger partial charge in [0.05, 0.1) is 0 Å². The normalized spacial score (nSPS) is 16.1. The fraction of sp³-hybridized carbons (Fsp3) is 0.467. The number of allylic oxidation sites excluding steroid dienone is 1. The fourth-order valence-corrected chi connectivity index (χ4v) is 2.74. The van der Waals surface area contributed by atoms with Crippen molar-refractivity contribution in [1.82, 2.24) is 0 Å². The van der Waals surface area contributed by atoms with Crippen LogP contribution in [0, 0.1) is 0 Å². The van der Waals surface area contributed by atoms with Gasteiger partial charge in [0.25, 0.3) is 0 Å². The third-order valence-corrected chi connectivity index (χ3v) is 4.24. The molecule has 18 heavy (non-hydrogen) atoms. The van der Waals surface area contributed by atoms with Gasteiger partial charge >= 0.3 is 0 Å². The number of fused-ring (bicyclic) bond motifs is 1. The van der Waals surface area contributed by atoms with Gasteiger partial charge in [-0.2, -0.15) is 0 Å². The Morgan fingerprint density at radius 3 is 2.72 bits per heavy atom. The van der Waals surface area contributed by atoms with Gasteiger partial charge in [-0.25, -0.2) is 0 Å². The predicted molar refractivity (Wildman–Crippen MR) is 80.3 cm³/mol. The van der Waals surface area contributed by atoms with E-state index in [1.807, 2.05) is 0 Å². The average molecular weight is 284 g/mol. The Kier molecular flexibility index (Phi) is 4.05. The Labute approximate surface area is 119 Å². The molecule has 0 bridgehead atoms. The molecule has 1 nitrogen and oxygen atoms in total. The Bertz CT molecular complexity index is 464. The molecule has 1 aliphatic carbocycles. The van der Waals surface area contributed by atoms with Gasteiger partial charge in [-0.3, -0.25) is 0 Å². The van der Waals surface area contributed by atoms with Gasteiger partial charge in [-0.15, -0.1) is 23.2 Å². The molecule has 2 N–H and O–H groups in total. The molecule has 1 aromatic rings. The van der Waals surface area contributed by atoms with Crippen LogP contribution in [0.3, 0.4) is 0 Å². The maximum Gasteiger partial charge on any atom is 0.109 e. The number of hydrogen-bond donors (Lipinski definition) is 1. The van der Waals surface area contributed by atoms with Gasteiger partial charge in [-0.05, 0) is 29.5 Å². The average Bonchev–Trinajstić information content (AvgIpc) is 2.74. The zero-order valence-electron chi connectivity index (χ0n) is 10.8. The van der Waals surface area contributed by atoms with Gasteiger partial charge in [-0.1, -0.05) is 44.2 Å². The van der Waals surface area contributed by atoms with Crippen LogP contribution < -0.4 is 5.73 Å². The molecule has 0 heterocycles. The highest BCUT2D eigenvalue weighted by molar-refractivity contribution is 6.44. The third kappa shape index (κ3) is 2.74. The third-order valence-electron chi connectivity index (χ3n) is 3.88. The fourth-order valence-electron chi connectivity index (χ4n) is 2.36. The van der Waals surface area contributed by atoms with Crippen molar-refractivity contribution in [2.24, 2.45) is 5.73 Å². The van der Waals surface area contributed by atoms with Crippen molar-refractivity contribution >= 4 is 29.3 Å². The first-order chi connectivity index (χ1) is 8.41. The van der Waals surface area contributed by atoms with Crippen LogP contribution in [0.1, 0.15) is 37.0 Å². The van der Waals surface area contributed by atoms with E-state index >= 15 is 0 Å². The Balaban J connectivity index is 2.24. The standard InChI is InChI=1S/C15H19Cl2N/c1-15(2,13(18)9-14(16)17)12-7-6-10-4-3-5-11(10)8-12/h3-4,6-8,13-14H,5,9,18H2,1-2H3.